The van der Waals surface area contributed by atoms with Crippen molar-refractivity contribution in [3.05, 3.63) is 291 Å². The number of fused-ring (bicyclic) bond motifs is 8. The lowest BCUT2D eigenvalue weighted by atomic mass is 9.71. The van der Waals surface area contributed by atoms with Gasteiger partial charge in [-0.3, -0.25) is 0 Å². The highest BCUT2D eigenvalue weighted by Crippen LogP contribution is 2.41. The molecule has 0 heterocycles. The smallest absolute Gasteiger partial charge is 0.127 e. The first-order valence-electron chi connectivity index (χ1n) is 38.2. The quantitative estimate of drug-likeness (QED) is 0.175. The Morgan fingerprint density at radius 1 is 0.135 bits per heavy atom. The normalized spacial score (nSPS) is 18.7. The molecule has 0 aliphatic heterocycles. The van der Waals surface area contributed by atoms with Crippen molar-refractivity contribution in [1.29, 1.82) is 0 Å². The van der Waals surface area contributed by atoms with Gasteiger partial charge < -0.3 is 9.47 Å². The van der Waals surface area contributed by atoms with Crippen LogP contribution in [0.5, 0.6) is 23.0 Å². The number of benzene rings is 10. The van der Waals surface area contributed by atoms with Crippen LogP contribution in [0.4, 0.5) is 0 Å². The van der Waals surface area contributed by atoms with Gasteiger partial charge in [0, 0.05) is 0 Å². The van der Waals surface area contributed by atoms with Gasteiger partial charge in [0.15, 0.2) is 0 Å². The second-order valence-corrected chi connectivity index (χ2v) is 27.2. The van der Waals surface area contributed by atoms with Crippen molar-refractivity contribution in [1.82, 2.24) is 0 Å². The van der Waals surface area contributed by atoms with Crippen LogP contribution in [-0.4, -0.2) is 0 Å². The van der Waals surface area contributed by atoms with Gasteiger partial charge in [0.2, 0.25) is 0 Å². The molecule has 2 nitrogen and oxygen atoms in total. The second kappa shape index (κ2) is 51.6. The molecule has 0 atom stereocenters. The molecule has 4 bridgehead atoms. The summed E-state index contributed by atoms with van der Waals surface area (Å²) in [5.41, 5.74) is 0. The Morgan fingerprint density at radius 2 is 0.240 bits per heavy atom. The lowest BCUT2D eigenvalue weighted by Gasteiger charge is -2.35. The monoisotopic (exact) mass is 1280 g/mol. The SMILES string of the molecule is C1CC2CCC1CC2.C1CC2CCC1CC2.C1CCCC1.C1CCCC1.C1CCCCC1.C1CCCCC1.c1ccc(Oc2ccccc2)cc1.c1ccc(Oc2ccccc2)cc1.c1ccc2ccccc2c1.c1ccc2ccccc2c1.c1ccccc1.c1ccccc1. The summed E-state index contributed by atoms with van der Waals surface area (Å²) in [6, 6.07) is 96.5. The van der Waals surface area contributed by atoms with Crippen LogP contribution >= 0.6 is 0 Å². The molecule has 0 saturated heterocycles. The van der Waals surface area contributed by atoms with Gasteiger partial charge in [-0.25, -0.2) is 0 Å². The third kappa shape index (κ3) is 35.9. The molecule has 0 amide bonds. The zero-order valence-electron chi connectivity index (χ0n) is 58.9. The molecule has 0 spiro atoms. The Morgan fingerprint density at radius 3 is 0.354 bits per heavy atom. The molecular formula is C94H120O2. The fourth-order valence-corrected chi connectivity index (χ4v) is 13.7. The maximum absolute atomic E-state index is 5.58. The summed E-state index contributed by atoms with van der Waals surface area (Å²) in [5.74, 6) is 8.09. The Balaban J connectivity index is 0.000000150. The van der Waals surface area contributed by atoms with Crippen molar-refractivity contribution < 1.29 is 9.47 Å². The van der Waals surface area contributed by atoms with E-state index < -0.39 is 0 Å². The predicted octanol–water partition coefficient (Wildman–Crippen LogP) is 29.8. The fourth-order valence-electron chi connectivity index (χ4n) is 13.7. The minimum atomic E-state index is 0.869. The third-order valence-electron chi connectivity index (χ3n) is 19.5. The van der Waals surface area contributed by atoms with Crippen molar-refractivity contribution in [2.45, 2.75) is 218 Å². The molecule has 2 heteroatoms. The number of hydrogen-bond acceptors (Lipinski definition) is 2. The number of hydrogen-bond donors (Lipinski definition) is 0. The van der Waals surface area contributed by atoms with Crippen molar-refractivity contribution in [3.63, 3.8) is 0 Å². The highest BCUT2D eigenvalue weighted by Gasteiger charge is 2.27. The van der Waals surface area contributed by atoms with Crippen LogP contribution in [0.1, 0.15) is 218 Å². The van der Waals surface area contributed by atoms with E-state index in [2.05, 4.69) is 97.1 Å². The lowest BCUT2D eigenvalue weighted by molar-refractivity contribution is 0.176. The van der Waals surface area contributed by atoms with Crippen molar-refractivity contribution >= 4 is 21.5 Å². The van der Waals surface area contributed by atoms with E-state index in [1.165, 1.54) is 163 Å². The standard InChI is InChI=1S/2C12H10O.2C10H8.2C8H14.2C6H12.2C6H6.2C5H10/c2*1-3-7-11(8-4-1)13-12-9-5-2-6-10-12;2*1-2-6-10-8-4-3-7-9(10)5-1;2*1-2-8-5-3-7(1)4-6-8;4*1-2-4-6-5-3-1;2*1-2-4-5-3-1/h2*1-10H;2*1-8H;2*7-8H,1-6H2;2*1-6H2;2*1-6H;2*1-5H2. The minimum absolute atomic E-state index is 0.869. The van der Waals surface area contributed by atoms with Gasteiger partial charge in [-0.05, 0) is 93.7 Å². The van der Waals surface area contributed by atoms with Crippen LogP contribution in [-0.2, 0) is 0 Å². The van der Waals surface area contributed by atoms with Gasteiger partial charge in [-0.15, -0.1) is 0 Å². The highest BCUT2D eigenvalue weighted by molar-refractivity contribution is 5.82. The van der Waals surface area contributed by atoms with E-state index in [0.717, 1.165) is 46.7 Å². The summed E-state index contributed by atoms with van der Waals surface area (Å²) < 4.78 is 11.2. The maximum atomic E-state index is 5.58. The molecule has 10 aliphatic carbocycles. The van der Waals surface area contributed by atoms with E-state index in [0.29, 0.717) is 0 Å². The van der Waals surface area contributed by atoms with E-state index in [4.69, 9.17) is 9.47 Å². The summed E-state index contributed by atoms with van der Waals surface area (Å²) in [6.45, 7) is 0. The molecule has 10 saturated carbocycles. The molecule has 0 unspecified atom stereocenters. The van der Waals surface area contributed by atoms with E-state index in [1.807, 2.05) is 194 Å². The lowest BCUT2D eigenvalue weighted by Crippen LogP contribution is -2.21. The minimum Gasteiger partial charge on any atom is -0.457 e. The van der Waals surface area contributed by atoms with Crippen LogP contribution in [0, 0.1) is 23.7 Å². The number of para-hydroxylation sites is 4. The van der Waals surface area contributed by atoms with E-state index in [1.54, 1.807) is 77.0 Å². The fraction of sp³-hybridized carbons (Fsp3) is 0.404. The van der Waals surface area contributed by atoms with Crippen LogP contribution in [0.3, 0.4) is 0 Å². The molecule has 10 aromatic carbocycles. The van der Waals surface area contributed by atoms with E-state index in [9.17, 15) is 0 Å². The van der Waals surface area contributed by atoms with Gasteiger partial charge in [-0.1, -0.05) is 461 Å². The Hall–Kier alpha value is -7.68. The van der Waals surface area contributed by atoms with Crippen LogP contribution in [0.25, 0.3) is 21.5 Å². The average Bonchev–Trinajstić information content (AvgIpc) is 2.14. The maximum Gasteiger partial charge on any atom is 0.127 e. The molecular weight excluding hydrogens is 1160 g/mol. The van der Waals surface area contributed by atoms with Crippen molar-refractivity contribution in [2.24, 2.45) is 23.7 Å². The molecule has 0 aromatic heterocycles. The van der Waals surface area contributed by atoms with Gasteiger partial charge in [0.25, 0.3) is 0 Å². The van der Waals surface area contributed by atoms with Crippen molar-refractivity contribution in [2.75, 3.05) is 0 Å². The molecule has 10 aliphatic rings. The average molecular weight is 1280 g/mol. The summed E-state index contributed by atoms with van der Waals surface area (Å²) in [7, 11) is 0. The Bertz CT molecular complexity index is 2710. The van der Waals surface area contributed by atoms with Crippen LogP contribution in [0.2, 0.25) is 0 Å². The Labute approximate surface area is 583 Å². The highest BCUT2D eigenvalue weighted by atomic mass is 16.5. The van der Waals surface area contributed by atoms with Gasteiger partial charge in [0.05, 0.1) is 0 Å². The van der Waals surface area contributed by atoms with E-state index >= 15 is 0 Å². The summed E-state index contributed by atoms with van der Waals surface area (Å²) in [6.07, 6.45) is 51.7. The van der Waals surface area contributed by atoms with Gasteiger partial charge in [0.1, 0.15) is 23.0 Å². The van der Waals surface area contributed by atoms with Gasteiger partial charge >= 0.3 is 0 Å². The molecule has 10 fully saturated rings. The largest absolute Gasteiger partial charge is 0.457 e. The summed E-state index contributed by atoms with van der Waals surface area (Å²) in [5, 5.41) is 5.24. The second-order valence-electron chi connectivity index (χ2n) is 27.2. The van der Waals surface area contributed by atoms with Gasteiger partial charge in [-0.2, -0.15) is 0 Å². The molecule has 0 radical (unpaired) electrons. The zero-order chi connectivity index (χ0) is 66.3. The predicted molar refractivity (Wildman–Crippen MR) is 418 cm³/mol. The summed E-state index contributed by atoms with van der Waals surface area (Å²) >= 11 is 0. The molecule has 10 aromatic rings. The topological polar surface area (TPSA) is 18.5 Å². The molecule has 96 heavy (non-hydrogen) atoms. The zero-order valence-corrected chi connectivity index (χ0v) is 58.9. The van der Waals surface area contributed by atoms with Crippen molar-refractivity contribution in [3.8, 4) is 23.0 Å². The van der Waals surface area contributed by atoms with E-state index in [-0.39, 0.29) is 0 Å². The third-order valence-corrected chi connectivity index (χ3v) is 19.5. The first-order valence-corrected chi connectivity index (χ1v) is 38.2. The first-order chi connectivity index (χ1) is 47.7. The molecule has 0 N–H and O–H groups in total. The molecule has 20 rings (SSSR count). The Kier molecular flexibility index (Phi) is 40.7. The van der Waals surface area contributed by atoms with Crippen LogP contribution in [0.15, 0.2) is 291 Å². The van der Waals surface area contributed by atoms with Crippen LogP contribution < -0.4 is 9.47 Å². The number of ether oxygens (including phenoxy) is 2. The summed E-state index contributed by atoms with van der Waals surface area (Å²) in [4.78, 5) is 0. The molecule has 508 valence electrons. The number of rotatable bonds is 4. The first kappa shape index (κ1) is 75.7.